The second kappa shape index (κ2) is 6.38. The van der Waals surface area contributed by atoms with Gasteiger partial charge in [0.25, 0.3) is 0 Å². The van der Waals surface area contributed by atoms with Gasteiger partial charge < -0.3 is 15.9 Å². The Bertz CT molecular complexity index is 181. The van der Waals surface area contributed by atoms with E-state index in [1.165, 1.54) is 0 Å². The molecule has 0 aromatic rings. The molecular formula is C7H14N2O4. The van der Waals surface area contributed by atoms with Crippen LogP contribution in [0.1, 0.15) is 12.8 Å². The van der Waals surface area contributed by atoms with E-state index in [1.54, 1.807) is 0 Å². The van der Waals surface area contributed by atoms with E-state index in [-0.39, 0.29) is 12.5 Å². The molecule has 0 bridgehead atoms. The van der Waals surface area contributed by atoms with Gasteiger partial charge in [0.2, 0.25) is 5.91 Å². The van der Waals surface area contributed by atoms with Gasteiger partial charge in [0.15, 0.2) is 0 Å². The lowest BCUT2D eigenvalue weighted by atomic mass is 10.4. The molecule has 13 heavy (non-hydrogen) atoms. The van der Waals surface area contributed by atoms with Crippen molar-refractivity contribution in [2.75, 3.05) is 19.7 Å². The normalized spacial score (nSPS) is 15.2. The number of likely N-dealkylation sites (tertiary alicyclic amines) is 1. The molecule has 6 nitrogen and oxygen atoms in total. The quantitative estimate of drug-likeness (QED) is 0.503. The van der Waals surface area contributed by atoms with Gasteiger partial charge in [-0.15, -0.1) is 0 Å². The first-order valence-electron chi connectivity index (χ1n) is 3.97. The van der Waals surface area contributed by atoms with Crippen molar-refractivity contribution < 1.29 is 19.8 Å². The average molecular weight is 190 g/mol. The molecule has 76 valence electrons. The lowest BCUT2D eigenvalue weighted by Gasteiger charge is -2.05. The first-order valence-corrected chi connectivity index (χ1v) is 3.97. The third-order valence-electron chi connectivity index (χ3n) is 1.43. The summed E-state index contributed by atoms with van der Waals surface area (Å²) in [6.45, 7) is 0.841. The molecule has 0 unspecified atom stereocenters. The first-order chi connectivity index (χ1) is 6.13. The van der Waals surface area contributed by atoms with Crippen molar-refractivity contribution in [3.8, 4) is 0 Å². The number of aliphatic hydroxyl groups is 1. The van der Waals surface area contributed by atoms with Gasteiger partial charge in [-0.2, -0.15) is 0 Å². The SMILES string of the molecule is NCCO.O=C(O)N1CCCC1=O. The summed E-state index contributed by atoms with van der Waals surface area (Å²) in [6.07, 6.45) is -0.0743. The molecule has 1 saturated heterocycles. The van der Waals surface area contributed by atoms with Gasteiger partial charge in [0.05, 0.1) is 6.61 Å². The van der Waals surface area contributed by atoms with Gasteiger partial charge >= 0.3 is 6.09 Å². The van der Waals surface area contributed by atoms with Crippen LogP contribution in [0.3, 0.4) is 0 Å². The van der Waals surface area contributed by atoms with E-state index < -0.39 is 6.09 Å². The number of nitrogens with zero attached hydrogens (tertiary/aromatic N) is 1. The van der Waals surface area contributed by atoms with E-state index in [1.807, 2.05) is 0 Å². The van der Waals surface area contributed by atoms with Crippen molar-refractivity contribution in [3.63, 3.8) is 0 Å². The Kier molecular flexibility index (Phi) is 5.82. The molecule has 1 fully saturated rings. The number of aliphatic hydroxyl groups excluding tert-OH is 1. The van der Waals surface area contributed by atoms with Crippen LogP contribution in [0.15, 0.2) is 0 Å². The van der Waals surface area contributed by atoms with Crippen molar-refractivity contribution in [2.45, 2.75) is 12.8 Å². The Morgan fingerprint density at radius 3 is 2.31 bits per heavy atom. The summed E-state index contributed by atoms with van der Waals surface area (Å²) in [7, 11) is 0. The van der Waals surface area contributed by atoms with E-state index in [0.29, 0.717) is 25.9 Å². The predicted octanol–water partition coefficient (Wildman–Crippen LogP) is -0.776. The lowest BCUT2D eigenvalue weighted by Crippen LogP contribution is -2.29. The number of nitrogens with two attached hydrogens (primary N) is 1. The average Bonchev–Trinajstić information content (AvgIpc) is 2.52. The molecule has 0 radical (unpaired) electrons. The third kappa shape index (κ3) is 4.44. The van der Waals surface area contributed by atoms with E-state index in [0.717, 1.165) is 4.90 Å². The number of hydrogen-bond acceptors (Lipinski definition) is 4. The minimum Gasteiger partial charge on any atom is -0.465 e. The van der Waals surface area contributed by atoms with Crippen LogP contribution in [0.2, 0.25) is 0 Å². The van der Waals surface area contributed by atoms with Crippen molar-refractivity contribution in [3.05, 3.63) is 0 Å². The number of imide groups is 1. The molecule has 0 aromatic heterocycles. The first kappa shape index (κ1) is 11.9. The minimum atomic E-state index is -1.13. The monoisotopic (exact) mass is 190 g/mol. The topological polar surface area (TPSA) is 104 Å². The Morgan fingerprint density at radius 1 is 1.62 bits per heavy atom. The van der Waals surface area contributed by atoms with E-state index in [2.05, 4.69) is 0 Å². The Labute approximate surface area is 75.9 Å². The second-order valence-electron chi connectivity index (χ2n) is 2.44. The third-order valence-corrected chi connectivity index (χ3v) is 1.43. The minimum absolute atomic E-state index is 0.0972. The molecule has 1 heterocycles. The van der Waals surface area contributed by atoms with Gasteiger partial charge in [0.1, 0.15) is 0 Å². The summed E-state index contributed by atoms with van der Waals surface area (Å²) in [5, 5.41) is 16.0. The number of amides is 2. The van der Waals surface area contributed by atoms with E-state index in [9.17, 15) is 9.59 Å². The predicted molar refractivity (Wildman–Crippen MR) is 45.1 cm³/mol. The smallest absolute Gasteiger partial charge is 0.414 e. The number of rotatable bonds is 1. The molecule has 6 heteroatoms. The van der Waals surface area contributed by atoms with Crippen LogP contribution in [0, 0.1) is 0 Å². The van der Waals surface area contributed by atoms with Crippen molar-refractivity contribution in [2.24, 2.45) is 5.73 Å². The standard InChI is InChI=1S/C5H7NO3.C2H7NO/c7-4-2-1-3-6(4)5(8)9;3-1-2-4/h1-3H2,(H,8,9);4H,1-3H2. The molecule has 1 rings (SSSR count). The number of carboxylic acid groups (broad SMARTS) is 1. The van der Waals surface area contributed by atoms with Crippen LogP contribution in [-0.4, -0.2) is 46.8 Å². The van der Waals surface area contributed by atoms with Crippen LogP contribution < -0.4 is 5.73 Å². The summed E-state index contributed by atoms with van der Waals surface area (Å²) in [4.78, 5) is 21.5. The maximum atomic E-state index is 10.6. The zero-order valence-electron chi connectivity index (χ0n) is 7.27. The summed E-state index contributed by atoms with van der Waals surface area (Å²) < 4.78 is 0. The highest BCUT2D eigenvalue weighted by Crippen LogP contribution is 2.08. The molecule has 0 aromatic carbocycles. The van der Waals surface area contributed by atoms with Crippen molar-refractivity contribution >= 4 is 12.0 Å². The van der Waals surface area contributed by atoms with E-state index >= 15 is 0 Å². The Hall–Kier alpha value is -1.14. The highest BCUT2D eigenvalue weighted by molar-refractivity contribution is 5.92. The van der Waals surface area contributed by atoms with Gasteiger partial charge in [0, 0.05) is 19.5 Å². The highest BCUT2D eigenvalue weighted by Gasteiger charge is 2.25. The summed E-state index contributed by atoms with van der Waals surface area (Å²) in [5.41, 5.74) is 4.78. The van der Waals surface area contributed by atoms with Crippen molar-refractivity contribution in [1.82, 2.24) is 4.90 Å². The molecule has 4 N–H and O–H groups in total. The molecule has 0 atom stereocenters. The van der Waals surface area contributed by atoms with Crippen LogP contribution in [0.25, 0.3) is 0 Å². The van der Waals surface area contributed by atoms with Gasteiger partial charge in [-0.25, -0.2) is 9.69 Å². The van der Waals surface area contributed by atoms with E-state index in [4.69, 9.17) is 15.9 Å². The van der Waals surface area contributed by atoms with Gasteiger partial charge in [-0.05, 0) is 6.42 Å². The number of hydrogen-bond donors (Lipinski definition) is 3. The fourth-order valence-electron chi connectivity index (χ4n) is 0.850. The fraction of sp³-hybridized carbons (Fsp3) is 0.714. The maximum absolute atomic E-state index is 10.6. The number of carbonyl (C=O) groups is 2. The molecular weight excluding hydrogens is 176 g/mol. The molecule has 1 aliphatic rings. The van der Waals surface area contributed by atoms with Gasteiger partial charge in [-0.1, -0.05) is 0 Å². The van der Waals surface area contributed by atoms with Gasteiger partial charge in [-0.3, -0.25) is 4.79 Å². The summed E-state index contributed by atoms with van der Waals surface area (Å²) >= 11 is 0. The Balaban J connectivity index is 0.000000310. The zero-order valence-corrected chi connectivity index (χ0v) is 7.27. The van der Waals surface area contributed by atoms with Crippen molar-refractivity contribution in [1.29, 1.82) is 0 Å². The van der Waals surface area contributed by atoms with Crippen LogP contribution in [-0.2, 0) is 4.79 Å². The van der Waals surface area contributed by atoms with Crippen LogP contribution in [0.5, 0.6) is 0 Å². The molecule has 2 amide bonds. The summed E-state index contributed by atoms with van der Waals surface area (Å²) in [5.74, 6) is -0.275. The zero-order chi connectivity index (χ0) is 10.3. The molecule has 1 aliphatic heterocycles. The second-order valence-corrected chi connectivity index (χ2v) is 2.44. The van der Waals surface area contributed by atoms with Crippen LogP contribution >= 0.6 is 0 Å². The molecule has 0 saturated carbocycles. The van der Waals surface area contributed by atoms with Crippen LogP contribution in [0.4, 0.5) is 4.79 Å². The highest BCUT2D eigenvalue weighted by atomic mass is 16.4. The number of carbonyl (C=O) groups excluding carboxylic acids is 1. The maximum Gasteiger partial charge on any atom is 0.414 e. The lowest BCUT2D eigenvalue weighted by molar-refractivity contribution is -0.125. The molecule has 0 spiro atoms. The fourth-order valence-corrected chi connectivity index (χ4v) is 0.850. The summed E-state index contributed by atoms with van der Waals surface area (Å²) in [6, 6.07) is 0. The largest absolute Gasteiger partial charge is 0.465 e. The molecule has 0 aliphatic carbocycles. The Morgan fingerprint density at radius 2 is 2.15 bits per heavy atom.